The molecule has 0 spiro atoms. The maximum absolute atomic E-state index is 14.2. The maximum atomic E-state index is 14.2. The summed E-state index contributed by atoms with van der Waals surface area (Å²) in [6.45, 7) is 1.70. The number of benzene rings is 1. The summed E-state index contributed by atoms with van der Waals surface area (Å²) < 4.78 is 70.7. The predicted octanol–water partition coefficient (Wildman–Crippen LogP) is 3.89. The van der Waals surface area contributed by atoms with E-state index < -0.39 is 40.1 Å². The van der Waals surface area contributed by atoms with Crippen LogP contribution in [0.1, 0.15) is 51.4 Å². The van der Waals surface area contributed by atoms with Gasteiger partial charge in [-0.15, -0.1) is 5.01 Å². The Labute approximate surface area is 240 Å². The zero-order valence-electron chi connectivity index (χ0n) is 23.8. The summed E-state index contributed by atoms with van der Waals surface area (Å²) in [6.07, 6.45) is 0.666. The van der Waals surface area contributed by atoms with Crippen molar-refractivity contribution in [2.24, 2.45) is 17.8 Å². The Hall–Kier alpha value is -2.41. The molecule has 41 heavy (non-hydrogen) atoms. The molecule has 9 nitrogen and oxygen atoms in total. The molecule has 0 N–H and O–H groups in total. The van der Waals surface area contributed by atoms with E-state index in [1.807, 2.05) is 19.0 Å². The highest BCUT2D eigenvalue weighted by Gasteiger charge is 2.71. The Balaban J connectivity index is 1.28. The van der Waals surface area contributed by atoms with E-state index in [2.05, 4.69) is 0 Å². The van der Waals surface area contributed by atoms with E-state index in [9.17, 15) is 31.3 Å². The molecule has 4 aliphatic heterocycles. The summed E-state index contributed by atoms with van der Waals surface area (Å²) in [4.78, 5) is 30.3. The van der Waals surface area contributed by atoms with E-state index in [1.165, 1.54) is 9.31 Å². The number of carbonyl (C=O) groups is 1. The standard InChI is InChI=1S/C28H41F3N5O4S/c1-32(2)22-7-9-23(10-8-22)41(39,40)34-16-11-20(12-17-34)21-13-18-35-24(19-21)25(26(36(35)38)28(29,30)31)27(37)33-14-5-3-4-6-15-33/h7-10,20-21,24-26H,3-6,11-19H2,1-2H3/q+1. The molecule has 4 atom stereocenters. The van der Waals surface area contributed by atoms with Gasteiger partial charge < -0.3 is 9.80 Å². The Kier molecular flexibility index (Phi) is 8.58. The third-order valence-corrected chi connectivity index (χ3v) is 11.5. The van der Waals surface area contributed by atoms with Crippen LogP contribution in [0.2, 0.25) is 0 Å². The molecule has 4 fully saturated rings. The number of nitrogens with zero attached hydrogens (tertiary/aromatic N) is 5. The van der Waals surface area contributed by atoms with Crippen LogP contribution >= 0.6 is 0 Å². The maximum Gasteiger partial charge on any atom is 0.460 e. The molecule has 5 rings (SSSR count). The molecule has 4 aliphatic rings. The number of fused-ring (bicyclic) bond motifs is 1. The van der Waals surface area contributed by atoms with Crippen molar-refractivity contribution in [2.75, 3.05) is 51.7 Å². The minimum absolute atomic E-state index is 0.0281. The van der Waals surface area contributed by atoms with Crippen molar-refractivity contribution in [3.8, 4) is 0 Å². The molecule has 0 bridgehead atoms. The number of hydrogen-bond donors (Lipinski definition) is 0. The highest BCUT2D eigenvalue weighted by molar-refractivity contribution is 7.89. The molecule has 4 saturated heterocycles. The molecular weight excluding hydrogens is 559 g/mol. The van der Waals surface area contributed by atoms with Gasteiger partial charge in [-0.05, 0) is 74.6 Å². The first-order chi connectivity index (χ1) is 19.4. The zero-order valence-corrected chi connectivity index (χ0v) is 24.6. The van der Waals surface area contributed by atoms with Crippen LogP contribution in [0, 0.1) is 22.7 Å². The van der Waals surface area contributed by atoms with Gasteiger partial charge in [0.1, 0.15) is 16.8 Å². The van der Waals surface area contributed by atoms with Gasteiger partial charge in [0.2, 0.25) is 15.9 Å². The monoisotopic (exact) mass is 600 g/mol. The lowest BCUT2D eigenvalue weighted by atomic mass is 9.74. The molecule has 1 aromatic carbocycles. The number of sulfonamides is 1. The third kappa shape index (κ3) is 5.93. The number of alkyl halides is 3. The summed E-state index contributed by atoms with van der Waals surface area (Å²) in [7, 11) is 0.113. The van der Waals surface area contributed by atoms with Crippen molar-refractivity contribution in [1.82, 2.24) is 14.2 Å². The predicted molar refractivity (Wildman–Crippen MR) is 147 cm³/mol. The average Bonchev–Trinajstić information content (AvgIpc) is 3.08. The molecule has 4 unspecified atom stereocenters. The number of anilines is 1. The van der Waals surface area contributed by atoms with Crippen molar-refractivity contribution in [2.45, 2.75) is 74.5 Å². The molecule has 13 heteroatoms. The highest BCUT2D eigenvalue weighted by Crippen LogP contribution is 2.46. The van der Waals surface area contributed by atoms with E-state index >= 15 is 0 Å². The van der Waals surface area contributed by atoms with Gasteiger partial charge in [-0.25, -0.2) is 8.42 Å². The zero-order chi connectivity index (χ0) is 29.5. The van der Waals surface area contributed by atoms with Gasteiger partial charge in [-0.2, -0.15) is 17.5 Å². The number of halogens is 3. The van der Waals surface area contributed by atoms with Gasteiger partial charge in [-0.3, -0.25) is 4.79 Å². The number of amides is 1. The molecule has 0 aliphatic carbocycles. The average molecular weight is 601 g/mol. The number of rotatable bonds is 5. The van der Waals surface area contributed by atoms with E-state index in [0.717, 1.165) is 31.4 Å². The lowest BCUT2D eigenvalue weighted by Gasteiger charge is -2.40. The molecule has 0 radical (unpaired) electrons. The number of piperidine rings is 2. The lowest BCUT2D eigenvalue weighted by molar-refractivity contribution is -0.735. The fraction of sp³-hybridized carbons (Fsp3) is 0.750. The molecule has 1 amide bonds. The van der Waals surface area contributed by atoms with E-state index in [-0.39, 0.29) is 28.1 Å². The second-order valence-electron chi connectivity index (χ2n) is 12.2. The van der Waals surface area contributed by atoms with Gasteiger partial charge >= 0.3 is 12.2 Å². The van der Waals surface area contributed by atoms with Gasteiger partial charge in [0, 0.05) is 46.0 Å². The second-order valence-corrected chi connectivity index (χ2v) is 14.1. The first kappa shape index (κ1) is 30.1. The van der Waals surface area contributed by atoms with Crippen LogP contribution in [0.25, 0.3) is 0 Å². The molecule has 4 heterocycles. The van der Waals surface area contributed by atoms with Crippen LogP contribution < -0.4 is 4.90 Å². The van der Waals surface area contributed by atoms with Gasteiger partial charge in [0.15, 0.2) is 0 Å². The molecule has 228 valence electrons. The van der Waals surface area contributed by atoms with Gasteiger partial charge in [0.05, 0.1) is 16.3 Å². The topological polar surface area (TPSA) is 84.2 Å². The first-order valence-electron chi connectivity index (χ1n) is 14.8. The summed E-state index contributed by atoms with van der Waals surface area (Å²) in [5, 5.41) is 1.24. The van der Waals surface area contributed by atoms with Crippen LogP contribution in [-0.2, 0) is 14.8 Å². The Morgan fingerprint density at radius 2 is 1.49 bits per heavy atom. The van der Waals surface area contributed by atoms with Crippen molar-refractivity contribution in [3.63, 3.8) is 0 Å². The number of likely N-dealkylation sites (tertiary alicyclic amines) is 1. The summed E-state index contributed by atoms with van der Waals surface area (Å²) in [6, 6.07) is 3.59. The van der Waals surface area contributed by atoms with Crippen molar-refractivity contribution < 1.29 is 31.3 Å². The quantitative estimate of drug-likeness (QED) is 0.477. The smallest absolute Gasteiger partial charge is 0.378 e. The minimum atomic E-state index is -4.81. The number of hydrazine groups is 1. The summed E-state index contributed by atoms with van der Waals surface area (Å²) in [5.41, 5.74) is 0.901. The summed E-state index contributed by atoms with van der Waals surface area (Å²) >= 11 is 0. The molecular formula is C28H41F3N5O4S+. The SMILES string of the molecule is CN(C)c1ccc(S(=O)(=O)N2CCC(C3CCN4C(C3)C(C(=O)N3CCCCCC3)C(C(F)(F)F)[N+]4=O)CC2)cc1. The minimum Gasteiger partial charge on any atom is -0.378 e. The second kappa shape index (κ2) is 11.7. The number of hydrogen-bond acceptors (Lipinski definition) is 5. The Morgan fingerprint density at radius 3 is 2.05 bits per heavy atom. The molecule has 0 saturated carbocycles. The van der Waals surface area contributed by atoms with Crippen molar-refractivity contribution >= 4 is 21.6 Å². The van der Waals surface area contributed by atoms with E-state index in [0.29, 0.717) is 51.9 Å². The molecule has 1 aromatic rings. The molecule has 0 aromatic heterocycles. The normalized spacial score (nSPS) is 28.9. The van der Waals surface area contributed by atoms with Crippen LogP contribution in [0.4, 0.5) is 18.9 Å². The third-order valence-electron chi connectivity index (χ3n) is 9.60. The van der Waals surface area contributed by atoms with Gasteiger partial charge in [0.25, 0.3) is 0 Å². The fourth-order valence-electron chi connectivity index (χ4n) is 7.31. The van der Waals surface area contributed by atoms with Crippen LogP contribution in [0.3, 0.4) is 0 Å². The highest BCUT2D eigenvalue weighted by atomic mass is 32.2. The van der Waals surface area contributed by atoms with E-state index in [4.69, 9.17) is 0 Å². The summed E-state index contributed by atoms with van der Waals surface area (Å²) in [5.74, 6) is -1.84. The van der Waals surface area contributed by atoms with Crippen molar-refractivity contribution in [1.29, 1.82) is 0 Å². The van der Waals surface area contributed by atoms with Gasteiger partial charge in [-0.1, -0.05) is 12.8 Å². The number of nitroso groups, excluding NO2 is 1. The van der Waals surface area contributed by atoms with Crippen molar-refractivity contribution in [3.05, 3.63) is 29.2 Å². The van der Waals surface area contributed by atoms with Crippen LogP contribution in [0.15, 0.2) is 29.2 Å². The first-order valence-corrected chi connectivity index (χ1v) is 16.2. The fourth-order valence-corrected chi connectivity index (χ4v) is 8.78. The largest absolute Gasteiger partial charge is 0.460 e. The van der Waals surface area contributed by atoms with Crippen LogP contribution in [-0.4, -0.2) is 98.5 Å². The lowest BCUT2D eigenvalue weighted by Crippen LogP contribution is -2.50. The van der Waals surface area contributed by atoms with Crippen LogP contribution in [0.5, 0.6) is 0 Å². The Bertz CT molecular complexity index is 1210. The number of carbonyl (C=O) groups excluding carboxylic acids is 1. The Morgan fingerprint density at radius 1 is 0.902 bits per heavy atom. The van der Waals surface area contributed by atoms with E-state index in [1.54, 1.807) is 29.2 Å².